The van der Waals surface area contributed by atoms with Gasteiger partial charge in [-0.2, -0.15) is 0 Å². The Balaban J connectivity index is 2.66. The second kappa shape index (κ2) is 7.11. The number of nitrogen functional groups attached to an aromatic ring is 1. The summed E-state index contributed by atoms with van der Waals surface area (Å²) in [6, 6.07) is 4.89. The first-order valence-corrected chi connectivity index (χ1v) is 7.86. The molecule has 20 heavy (non-hydrogen) atoms. The topological polar surface area (TPSA) is 125 Å². The largest absolute Gasteiger partial charge is 0.491 e. The minimum Gasteiger partial charge on any atom is -0.491 e. The molecule has 8 heteroatoms. The molecule has 0 aromatic heterocycles. The number of hydrogen-bond donors (Lipinski definition) is 3. The third kappa shape index (κ3) is 5.06. The minimum atomic E-state index is -3.51. The maximum atomic E-state index is 12.0. The summed E-state index contributed by atoms with van der Waals surface area (Å²) in [5, 5.41) is 7.47. The molecule has 1 amide bonds. The first kappa shape index (κ1) is 16.3. The van der Waals surface area contributed by atoms with Crippen LogP contribution in [0.4, 0.5) is 5.69 Å². The predicted octanol–water partition coefficient (Wildman–Crippen LogP) is 0.0759. The highest BCUT2D eigenvalue weighted by Crippen LogP contribution is 2.26. The van der Waals surface area contributed by atoms with Gasteiger partial charge < -0.3 is 15.8 Å². The molecule has 0 heterocycles. The number of primary sulfonamides is 1. The molecule has 0 bridgehead atoms. The van der Waals surface area contributed by atoms with Gasteiger partial charge in [0.25, 0.3) is 5.91 Å². The molecular weight excluding hydrogens is 282 g/mol. The van der Waals surface area contributed by atoms with Gasteiger partial charge in [-0.05, 0) is 25.5 Å². The number of nitrogens with two attached hydrogens (primary N) is 2. The van der Waals surface area contributed by atoms with Crippen LogP contribution in [0.3, 0.4) is 0 Å². The van der Waals surface area contributed by atoms with Gasteiger partial charge in [-0.25, -0.2) is 13.6 Å². The number of ether oxygens (including phenoxy) is 1. The second-order valence-electron chi connectivity index (χ2n) is 4.13. The fourth-order valence-electron chi connectivity index (χ4n) is 1.61. The normalized spacial score (nSPS) is 11.1. The Morgan fingerprint density at radius 2 is 2.10 bits per heavy atom. The number of para-hydroxylation sites is 1. The van der Waals surface area contributed by atoms with E-state index in [0.29, 0.717) is 23.6 Å². The zero-order chi connectivity index (χ0) is 15.2. The highest BCUT2D eigenvalue weighted by Gasteiger charge is 2.14. The van der Waals surface area contributed by atoms with E-state index < -0.39 is 10.0 Å². The number of nitrogens with one attached hydrogen (secondary N) is 1. The van der Waals surface area contributed by atoms with Crippen molar-refractivity contribution in [1.82, 2.24) is 5.32 Å². The second-order valence-corrected chi connectivity index (χ2v) is 5.87. The number of carbonyl (C=O) groups excluding carboxylic acids is 1. The molecule has 0 saturated heterocycles. The summed E-state index contributed by atoms with van der Waals surface area (Å²) in [4.78, 5) is 12.0. The molecule has 0 fully saturated rings. The van der Waals surface area contributed by atoms with Gasteiger partial charge in [0.1, 0.15) is 0 Å². The summed E-state index contributed by atoms with van der Waals surface area (Å²) < 4.78 is 26.9. The first-order chi connectivity index (χ1) is 9.35. The Labute approximate surface area is 118 Å². The van der Waals surface area contributed by atoms with Crippen molar-refractivity contribution in [2.75, 3.05) is 24.6 Å². The van der Waals surface area contributed by atoms with Crippen molar-refractivity contribution in [2.45, 2.75) is 13.3 Å². The lowest BCUT2D eigenvalue weighted by Crippen LogP contribution is -2.27. The molecule has 0 saturated carbocycles. The molecule has 1 rings (SSSR count). The van der Waals surface area contributed by atoms with E-state index >= 15 is 0 Å². The number of benzene rings is 1. The van der Waals surface area contributed by atoms with Crippen LogP contribution in [-0.4, -0.2) is 33.2 Å². The van der Waals surface area contributed by atoms with Crippen molar-refractivity contribution in [3.63, 3.8) is 0 Å². The zero-order valence-corrected chi connectivity index (χ0v) is 12.1. The van der Waals surface area contributed by atoms with Crippen LogP contribution in [0, 0.1) is 0 Å². The zero-order valence-electron chi connectivity index (χ0n) is 11.3. The molecule has 1 aromatic rings. The van der Waals surface area contributed by atoms with Crippen LogP contribution in [0.15, 0.2) is 18.2 Å². The summed E-state index contributed by atoms with van der Waals surface area (Å²) in [7, 11) is -3.51. The van der Waals surface area contributed by atoms with E-state index in [1.807, 2.05) is 0 Å². The SMILES string of the molecule is CCOc1c(N)cccc1C(=O)NCCCS(N)(=O)=O. The molecule has 0 aliphatic heterocycles. The van der Waals surface area contributed by atoms with E-state index in [1.54, 1.807) is 25.1 Å². The van der Waals surface area contributed by atoms with Crippen LogP contribution in [0.2, 0.25) is 0 Å². The van der Waals surface area contributed by atoms with E-state index in [2.05, 4.69) is 5.32 Å². The summed E-state index contributed by atoms with van der Waals surface area (Å²) in [6.07, 6.45) is 0.247. The fraction of sp³-hybridized carbons (Fsp3) is 0.417. The van der Waals surface area contributed by atoms with Crippen LogP contribution in [0.1, 0.15) is 23.7 Å². The van der Waals surface area contributed by atoms with Crippen molar-refractivity contribution in [1.29, 1.82) is 0 Å². The van der Waals surface area contributed by atoms with Crippen molar-refractivity contribution >= 4 is 21.6 Å². The van der Waals surface area contributed by atoms with Crippen molar-refractivity contribution in [3.05, 3.63) is 23.8 Å². The third-order valence-corrected chi connectivity index (χ3v) is 3.33. The van der Waals surface area contributed by atoms with Crippen LogP contribution in [0.25, 0.3) is 0 Å². The molecule has 5 N–H and O–H groups in total. The van der Waals surface area contributed by atoms with E-state index in [4.69, 9.17) is 15.6 Å². The quantitative estimate of drug-likeness (QED) is 0.486. The van der Waals surface area contributed by atoms with Crippen molar-refractivity contribution < 1.29 is 17.9 Å². The lowest BCUT2D eigenvalue weighted by Gasteiger charge is -2.12. The number of anilines is 1. The van der Waals surface area contributed by atoms with Crippen LogP contribution in [-0.2, 0) is 10.0 Å². The molecular formula is C12H19N3O4S. The van der Waals surface area contributed by atoms with Gasteiger partial charge in [0, 0.05) is 6.54 Å². The number of carbonyl (C=O) groups is 1. The van der Waals surface area contributed by atoms with Gasteiger partial charge in [-0.3, -0.25) is 4.79 Å². The highest BCUT2D eigenvalue weighted by molar-refractivity contribution is 7.89. The molecule has 0 unspecified atom stereocenters. The Bertz CT molecular complexity index is 572. The van der Waals surface area contributed by atoms with Crippen LogP contribution in [0.5, 0.6) is 5.75 Å². The van der Waals surface area contributed by atoms with E-state index in [-0.39, 0.29) is 24.6 Å². The Kier molecular flexibility index (Phi) is 5.78. The fourth-order valence-corrected chi connectivity index (χ4v) is 2.16. The van der Waals surface area contributed by atoms with Crippen LogP contribution < -0.4 is 20.9 Å². The Morgan fingerprint density at radius 1 is 1.40 bits per heavy atom. The van der Waals surface area contributed by atoms with E-state index in [1.165, 1.54) is 0 Å². The molecule has 0 radical (unpaired) electrons. The van der Waals surface area contributed by atoms with Crippen LogP contribution >= 0.6 is 0 Å². The maximum Gasteiger partial charge on any atom is 0.255 e. The molecule has 0 atom stereocenters. The standard InChI is InChI=1S/C12H19N3O4S/c1-2-19-11-9(5-3-6-10(11)13)12(16)15-7-4-8-20(14,17)18/h3,5-6H,2,4,7-8,13H2,1H3,(H,15,16)(H2,14,17,18). The van der Waals surface area contributed by atoms with Crippen molar-refractivity contribution in [3.8, 4) is 5.75 Å². The van der Waals surface area contributed by atoms with Gasteiger partial charge in [-0.1, -0.05) is 6.07 Å². The molecule has 0 aliphatic rings. The average Bonchev–Trinajstić information content (AvgIpc) is 2.36. The van der Waals surface area contributed by atoms with Gasteiger partial charge >= 0.3 is 0 Å². The average molecular weight is 301 g/mol. The van der Waals surface area contributed by atoms with E-state index in [9.17, 15) is 13.2 Å². The molecule has 0 spiro atoms. The lowest BCUT2D eigenvalue weighted by molar-refractivity contribution is 0.0950. The highest BCUT2D eigenvalue weighted by atomic mass is 32.2. The summed E-state index contributed by atoms with van der Waals surface area (Å²) in [5.41, 5.74) is 6.46. The van der Waals surface area contributed by atoms with E-state index in [0.717, 1.165) is 0 Å². The Hall–Kier alpha value is -1.80. The summed E-state index contributed by atoms with van der Waals surface area (Å²) in [6.45, 7) is 2.38. The summed E-state index contributed by atoms with van der Waals surface area (Å²) in [5.74, 6) is -0.211. The van der Waals surface area contributed by atoms with Gasteiger partial charge in [-0.15, -0.1) is 0 Å². The van der Waals surface area contributed by atoms with Gasteiger partial charge in [0.15, 0.2) is 5.75 Å². The third-order valence-electron chi connectivity index (χ3n) is 2.47. The molecule has 0 aliphatic carbocycles. The van der Waals surface area contributed by atoms with Gasteiger partial charge in [0.05, 0.1) is 23.6 Å². The number of hydrogen-bond acceptors (Lipinski definition) is 5. The smallest absolute Gasteiger partial charge is 0.255 e. The molecule has 1 aromatic carbocycles. The first-order valence-electron chi connectivity index (χ1n) is 6.15. The molecule has 7 nitrogen and oxygen atoms in total. The number of amides is 1. The predicted molar refractivity (Wildman–Crippen MR) is 76.9 cm³/mol. The van der Waals surface area contributed by atoms with Gasteiger partial charge in [0.2, 0.25) is 10.0 Å². The lowest BCUT2D eigenvalue weighted by atomic mass is 10.1. The molecule has 112 valence electrons. The van der Waals surface area contributed by atoms with Crippen molar-refractivity contribution in [2.24, 2.45) is 5.14 Å². The number of rotatable bonds is 7. The minimum absolute atomic E-state index is 0.178. The monoisotopic (exact) mass is 301 g/mol. The Morgan fingerprint density at radius 3 is 2.70 bits per heavy atom. The maximum absolute atomic E-state index is 12.0. The summed E-state index contributed by atoms with van der Waals surface area (Å²) >= 11 is 0. The number of sulfonamides is 1.